The van der Waals surface area contributed by atoms with E-state index in [0.717, 1.165) is 0 Å². The van der Waals surface area contributed by atoms with Gasteiger partial charge in [-0.2, -0.15) is 5.26 Å². The molecule has 1 aliphatic rings. The molecule has 1 aromatic carbocycles. The maximum absolute atomic E-state index is 12.3. The van der Waals surface area contributed by atoms with Crippen LogP contribution in [0.15, 0.2) is 58.9 Å². The normalized spacial score (nSPS) is 14.6. The Morgan fingerprint density at radius 3 is 2.59 bits per heavy atom. The molecule has 0 saturated carbocycles. The Labute approximate surface area is 161 Å². The van der Waals surface area contributed by atoms with Crippen LogP contribution >= 0.6 is 11.6 Å². The van der Waals surface area contributed by atoms with Gasteiger partial charge in [0, 0.05) is 43.1 Å². The van der Waals surface area contributed by atoms with Gasteiger partial charge in [-0.05, 0) is 30.3 Å². The van der Waals surface area contributed by atoms with Gasteiger partial charge in [0.15, 0.2) is 5.76 Å². The molecule has 0 atom stereocenters. The van der Waals surface area contributed by atoms with E-state index in [2.05, 4.69) is 5.32 Å². The Morgan fingerprint density at radius 2 is 1.96 bits per heavy atom. The third kappa shape index (κ3) is 4.68. The van der Waals surface area contributed by atoms with Crippen molar-refractivity contribution in [3.05, 3.63) is 65.2 Å². The van der Waals surface area contributed by atoms with Crippen LogP contribution in [0.5, 0.6) is 0 Å². The molecule has 1 fully saturated rings. The molecule has 7 nitrogen and oxygen atoms in total. The molecular weight excluding hydrogens is 368 g/mol. The van der Waals surface area contributed by atoms with E-state index in [4.69, 9.17) is 16.0 Å². The lowest BCUT2D eigenvalue weighted by Gasteiger charge is -2.33. The second-order valence-corrected chi connectivity index (χ2v) is 6.36. The standard InChI is InChI=1S/C19H17ClN4O3/c20-15-3-1-4-16(11-15)22-18(25)14(12-21)13-23-6-8-24(9-7-23)19(26)17-5-2-10-27-17/h1-5,10-11,13H,6-9H2,(H,22,25)/b14-13-. The number of furan rings is 1. The van der Waals surface area contributed by atoms with Crippen LogP contribution in [-0.2, 0) is 4.79 Å². The number of hydrogen-bond acceptors (Lipinski definition) is 5. The van der Waals surface area contributed by atoms with E-state index in [0.29, 0.717) is 42.6 Å². The molecule has 3 rings (SSSR count). The second-order valence-electron chi connectivity index (χ2n) is 5.92. The maximum Gasteiger partial charge on any atom is 0.289 e. The largest absolute Gasteiger partial charge is 0.459 e. The fourth-order valence-electron chi connectivity index (χ4n) is 2.70. The maximum atomic E-state index is 12.3. The van der Waals surface area contributed by atoms with Crippen molar-refractivity contribution in [3.63, 3.8) is 0 Å². The predicted octanol–water partition coefficient (Wildman–Crippen LogP) is 2.74. The number of nitrogens with zero attached hydrogens (tertiary/aromatic N) is 3. The van der Waals surface area contributed by atoms with Crippen LogP contribution in [-0.4, -0.2) is 47.8 Å². The van der Waals surface area contributed by atoms with Crippen molar-refractivity contribution >= 4 is 29.1 Å². The molecule has 27 heavy (non-hydrogen) atoms. The molecule has 1 aliphatic heterocycles. The zero-order valence-corrected chi connectivity index (χ0v) is 15.1. The molecule has 0 radical (unpaired) electrons. The van der Waals surface area contributed by atoms with Gasteiger partial charge >= 0.3 is 0 Å². The number of benzene rings is 1. The summed E-state index contributed by atoms with van der Waals surface area (Å²) in [6, 6.07) is 11.9. The molecule has 1 aromatic heterocycles. The number of nitrogens with one attached hydrogen (secondary N) is 1. The first-order valence-corrected chi connectivity index (χ1v) is 8.70. The van der Waals surface area contributed by atoms with Gasteiger partial charge in [0.25, 0.3) is 11.8 Å². The number of carbonyl (C=O) groups is 2. The summed E-state index contributed by atoms with van der Waals surface area (Å²) in [5.41, 5.74) is 0.503. The zero-order chi connectivity index (χ0) is 19.2. The minimum Gasteiger partial charge on any atom is -0.459 e. The highest BCUT2D eigenvalue weighted by Gasteiger charge is 2.23. The van der Waals surface area contributed by atoms with Crippen LogP contribution < -0.4 is 5.32 Å². The second kappa shape index (κ2) is 8.43. The van der Waals surface area contributed by atoms with Gasteiger partial charge in [-0.1, -0.05) is 17.7 Å². The summed E-state index contributed by atoms with van der Waals surface area (Å²) in [7, 11) is 0. The Kier molecular flexibility index (Phi) is 5.79. The molecule has 2 heterocycles. The average molecular weight is 385 g/mol. The first-order valence-electron chi connectivity index (χ1n) is 8.32. The first kappa shape index (κ1) is 18.5. The number of hydrogen-bond donors (Lipinski definition) is 1. The van der Waals surface area contributed by atoms with Gasteiger partial charge < -0.3 is 19.5 Å². The highest BCUT2D eigenvalue weighted by atomic mass is 35.5. The van der Waals surface area contributed by atoms with Crippen molar-refractivity contribution in [1.29, 1.82) is 5.26 Å². The predicted molar refractivity (Wildman–Crippen MR) is 100.0 cm³/mol. The Balaban J connectivity index is 1.59. The van der Waals surface area contributed by atoms with E-state index >= 15 is 0 Å². The number of halogens is 1. The van der Waals surface area contributed by atoms with Crippen LogP contribution in [0.4, 0.5) is 5.69 Å². The molecule has 1 N–H and O–H groups in total. The number of anilines is 1. The number of nitriles is 1. The molecule has 1 saturated heterocycles. The number of amides is 2. The number of rotatable bonds is 4. The average Bonchev–Trinajstić information content (AvgIpc) is 3.20. The summed E-state index contributed by atoms with van der Waals surface area (Å²) >= 11 is 5.90. The fourth-order valence-corrected chi connectivity index (χ4v) is 2.89. The van der Waals surface area contributed by atoms with Crippen molar-refractivity contribution < 1.29 is 14.0 Å². The van der Waals surface area contributed by atoms with E-state index < -0.39 is 5.91 Å². The molecule has 0 unspecified atom stereocenters. The topological polar surface area (TPSA) is 89.6 Å². The number of piperazine rings is 1. The lowest BCUT2D eigenvalue weighted by atomic mass is 10.2. The Bertz CT molecular complexity index is 894. The summed E-state index contributed by atoms with van der Waals surface area (Å²) in [5.74, 6) is -0.366. The summed E-state index contributed by atoms with van der Waals surface area (Å²) < 4.78 is 5.13. The van der Waals surface area contributed by atoms with E-state index in [1.54, 1.807) is 41.3 Å². The number of carbonyl (C=O) groups excluding carboxylic acids is 2. The summed E-state index contributed by atoms with van der Waals surface area (Å²) in [5, 5.41) is 12.5. The molecule has 0 spiro atoms. The van der Waals surface area contributed by atoms with Gasteiger partial charge in [0.2, 0.25) is 0 Å². The molecule has 0 bridgehead atoms. The summed E-state index contributed by atoms with van der Waals surface area (Å²) in [4.78, 5) is 28.1. The van der Waals surface area contributed by atoms with Gasteiger partial charge in [-0.25, -0.2) is 0 Å². The molecule has 138 valence electrons. The van der Waals surface area contributed by atoms with Crippen LogP contribution in [0.1, 0.15) is 10.6 Å². The van der Waals surface area contributed by atoms with Crippen molar-refractivity contribution in [2.24, 2.45) is 0 Å². The SMILES string of the molecule is N#C/C(=C/N1CCN(C(=O)c2ccco2)CC1)C(=O)Nc1cccc(Cl)c1. The smallest absolute Gasteiger partial charge is 0.289 e. The highest BCUT2D eigenvalue weighted by molar-refractivity contribution is 6.31. The molecule has 2 amide bonds. The van der Waals surface area contributed by atoms with Crippen LogP contribution in [0.3, 0.4) is 0 Å². The van der Waals surface area contributed by atoms with Crippen molar-refractivity contribution in [1.82, 2.24) is 9.80 Å². The van der Waals surface area contributed by atoms with Gasteiger partial charge in [0.1, 0.15) is 11.6 Å². The Morgan fingerprint density at radius 1 is 1.19 bits per heavy atom. The summed E-state index contributed by atoms with van der Waals surface area (Å²) in [6.07, 6.45) is 2.98. The van der Waals surface area contributed by atoms with E-state index in [-0.39, 0.29) is 11.5 Å². The first-order chi connectivity index (χ1) is 13.1. The minimum atomic E-state index is -0.506. The highest BCUT2D eigenvalue weighted by Crippen LogP contribution is 2.16. The quantitative estimate of drug-likeness (QED) is 0.646. The third-order valence-corrected chi connectivity index (χ3v) is 4.33. The third-order valence-electron chi connectivity index (χ3n) is 4.09. The zero-order valence-electron chi connectivity index (χ0n) is 14.4. The lowest BCUT2D eigenvalue weighted by Crippen LogP contribution is -2.47. The van der Waals surface area contributed by atoms with Crippen LogP contribution in [0.25, 0.3) is 0 Å². The van der Waals surface area contributed by atoms with E-state index in [9.17, 15) is 14.9 Å². The lowest BCUT2D eigenvalue weighted by molar-refractivity contribution is -0.112. The van der Waals surface area contributed by atoms with Gasteiger partial charge in [0.05, 0.1) is 6.26 Å². The van der Waals surface area contributed by atoms with Gasteiger partial charge in [-0.15, -0.1) is 0 Å². The van der Waals surface area contributed by atoms with Crippen molar-refractivity contribution in [2.45, 2.75) is 0 Å². The molecule has 2 aromatic rings. The molecule has 8 heteroatoms. The van der Waals surface area contributed by atoms with Crippen LogP contribution in [0, 0.1) is 11.3 Å². The van der Waals surface area contributed by atoms with E-state index in [1.807, 2.05) is 11.0 Å². The minimum absolute atomic E-state index is 0.0132. The van der Waals surface area contributed by atoms with Crippen LogP contribution in [0.2, 0.25) is 5.02 Å². The molecular formula is C19H17ClN4O3. The Hall–Kier alpha value is -3.24. The van der Waals surface area contributed by atoms with Crippen molar-refractivity contribution in [3.8, 4) is 6.07 Å². The van der Waals surface area contributed by atoms with E-state index in [1.165, 1.54) is 12.5 Å². The molecule has 0 aliphatic carbocycles. The monoisotopic (exact) mass is 384 g/mol. The summed E-state index contributed by atoms with van der Waals surface area (Å²) in [6.45, 7) is 1.99. The fraction of sp³-hybridized carbons (Fsp3) is 0.211. The van der Waals surface area contributed by atoms with Gasteiger partial charge in [-0.3, -0.25) is 9.59 Å². The van der Waals surface area contributed by atoms with Crippen molar-refractivity contribution in [2.75, 3.05) is 31.5 Å².